The fourth-order valence-corrected chi connectivity index (χ4v) is 2.73. The summed E-state index contributed by atoms with van der Waals surface area (Å²) in [6.45, 7) is 10.2. The van der Waals surface area contributed by atoms with Gasteiger partial charge in [-0.05, 0) is 39.5 Å². The molecule has 0 aromatic heterocycles. The highest BCUT2D eigenvalue weighted by atomic mass is 16.3. The molecule has 2 atom stereocenters. The van der Waals surface area contributed by atoms with E-state index < -0.39 is 6.10 Å². The quantitative estimate of drug-likeness (QED) is 0.786. The molecule has 1 heterocycles. The van der Waals surface area contributed by atoms with Gasteiger partial charge in [-0.3, -0.25) is 4.79 Å². The van der Waals surface area contributed by atoms with Crippen molar-refractivity contribution in [3.63, 3.8) is 0 Å². The zero-order valence-corrected chi connectivity index (χ0v) is 13.6. The molecular weight excluding hydrogens is 252 g/mol. The van der Waals surface area contributed by atoms with Crippen LogP contribution < -0.4 is 5.32 Å². The van der Waals surface area contributed by atoms with Crippen LogP contribution in [0.1, 0.15) is 59.8 Å². The first-order valence-corrected chi connectivity index (χ1v) is 8.02. The Morgan fingerprint density at radius 3 is 2.70 bits per heavy atom. The van der Waals surface area contributed by atoms with E-state index in [0.717, 1.165) is 19.4 Å². The van der Waals surface area contributed by atoms with Gasteiger partial charge in [-0.25, -0.2) is 0 Å². The van der Waals surface area contributed by atoms with Crippen LogP contribution in [0.5, 0.6) is 0 Å². The number of likely N-dealkylation sites (tertiary alicyclic amines) is 1. The summed E-state index contributed by atoms with van der Waals surface area (Å²) in [5.74, 6) is 0.886. The number of hydrogen-bond donors (Lipinski definition) is 2. The summed E-state index contributed by atoms with van der Waals surface area (Å²) in [6.07, 6.45) is 4.66. The average molecular weight is 284 g/mol. The number of rotatable bonds is 6. The lowest BCUT2D eigenvalue weighted by Crippen LogP contribution is -2.46. The molecule has 4 heteroatoms. The third-order valence-corrected chi connectivity index (χ3v) is 3.92. The van der Waals surface area contributed by atoms with Crippen LogP contribution in [-0.2, 0) is 4.79 Å². The van der Waals surface area contributed by atoms with E-state index in [0.29, 0.717) is 25.4 Å². The highest BCUT2D eigenvalue weighted by Gasteiger charge is 2.24. The van der Waals surface area contributed by atoms with Crippen molar-refractivity contribution in [1.29, 1.82) is 0 Å². The molecule has 1 amide bonds. The molecule has 0 radical (unpaired) electrons. The molecule has 2 N–H and O–H groups in total. The van der Waals surface area contributed by atoms with Crippen LogP contribution in [0.4, 0.5) is 0 Å². The summed E-state index contributed by atoms with van der Waals surface area (Å²) < 4.78 is 0. The first-order chi connectivity index (χ1) is 9.31. The fourth-order valence-electron chi connectivity index (χ4n) is 2.73. The largest absolute Gasteiger partial charge is 0.390 e. The topological polar surface area (TPSA) is 52.6 Å². The number of aliphatic hydroxyl groups is 1. The second-order valence-electron chi connectivity index (χ2n) is 7.11. The molecular formula is C16H32N2O2. The van der Waals surface area contributed by atoms with Gasteiger partial charge in [0.25, 0.3) is 0 Å². The van der Waals surface area contributed by atoms with Crippen LogP contribution in [0.2, 0.25) is 0 Å². The van der Waals surface area contributed by atoms with Gasteiger partial charge in [0.05, 0.1) is 6.10 Å². The number of amides is 1. The number of carbonyl (C=O) groups excluding carboxylic acids is 1. The maximum atomic E-state index is 12.1. The van der Waals surface area contributed by atoms with Gasteiger partial charge < -0.3 is 15.3 Å². The van der Waals surface area contributed by atoms with Crippen LogP contribution in [0.25, 0.3) is 0 Å². The van der Waals surface area contributed by atoms with E-state index >= 15 is 0 Å². The van der Waals surface area contributed by atoms with Crippen molar-refractivity contribution >= 4 is 5.91 Å². The van der Waals surface area contributed by atoms with Crippen LogP contribution in [-0.4, -0.2) is 47.2 Å². The normalized spacial score (nSPS) is 22.8. The molecule has 0 saturated carbocycles. The van der Waals surface area contributed by atoms with E-state index in [9.17, 15) is 9.90 Å². The predicted molar refractivity (Wildman–Crippen MR) is 82.6 cm³/mol. The highest BCUT2D eigenvalue weighted by Crippen LogP contribution is 2.22. The second-order valence-corrected chi connectivity index (χ2v) is 7.11. The second kappa shape index (κ2) is 7.99. The number of carbonyl (C=O) groups is 1. The summed E-state index contributed by atoms with van der Waals surface area (Å²) in [5, 5.41) is 13.4. The van der Waals surface area contributed by atoms with Gasteiger partial charge in [0, 0.05) is 31.6 Å². The first-order valence-electron chi connectivity index (χ1n) is 8.02. The summed E-state index contributed by atoms with van der Waals surface area (Å²) in [4.78, 5) is 13.9. The smallest absolute Gasteiger partial charge is 0.222 e. The molecule has 0 bridgehead atoms. The van der Waals surface area contributed by atoms with Gasteiger partial charge in [-0.2, -0.15) is 0 Å². The molecule has 118 valence electrons. The first kappa shape index (κ1) is 17.4. The number of aliphatic hydroxyl groups excluding tert-OH is 1. The van der Waals surface area contributed by atoms with E-state index in [2.05, 4.69) is 33.0 Å². The number of hydrogen-bond acceptors (Lipinski definition) is 3. The van der Waals surface area contributed by atoms with E-state index in [1.54, 1.807) is 0 Å². The van der Waals surface area contributed by atoms with E-state index in [1.165, 1.54) is 12.8 Å². The lowest BCUT2D eigenvalue weighted by molar-refractivity contribution is -0.132. The van der Waals surface area contributed by atoms with Gasteiger partial charge in [-0.15, -0.1) is 0 Å². The van der Waals surface area contributed by atoms with Gasteiger partial charge in [0.15, 0.2) is 0 Å². The number of β-amino-alcohol motifs (C(OH)–C–C–N with tert-alkyl or cyclic N) is 1. The summed E-state index contributed by atoms with van der Waals surface area (Å²) in [7, 11) is 0. The maximum absolute atomic E-state index is 12.1. The van der Waals surface area contributed by atoms with E-state index in [-0.39, 0.29) is 11.4 Å². The van der Waals surface area contributed by atoms with Crippen molar-refractivity contribution in [3.05, 3.63) is 0 Å². The minimum absolute atomic E-state index is 0.00397. The SMILES string of the molecule is CCCC1CCC(=O)N(CC(O)CNC(C)(C)C)CC1. The minimum Gasteiger partial charge on any atom is -0.390 e. The molecule has 1 aliphatic rings. The molecule has 1 rings (SSSR count). The summed E-state index contributed by atoms with van der Waals surface area (Å²) in [6, 6.07) is 0. The van der Waals surface area contributed by atoms with Crippen LogP contribution in [0.15, 0.2) is 0 Å². The van der Waals surface area contributed by atoms with Crippen molar-refractivity contribution in [1.82, 2.24) is 10.2 Å². The zero-order chi connectivity index (χ0) is 15.2. The standard InChI is InChI=1S/C16H32N2O2/c1-5-6-13-7-8-15(20)18(10-9-13)12-14(19)11-17-16(2,3)4/h13-14,17,19H,5-12H2,1-4H3. The molecule has 20 heavy (non-hydrogen) atoms. The Kier molecular flexibility index (Phi) is 6.96. The van der Waals surface area contributed by atoms with Gasteiger partial charge in [0.2, 0.25) is 5.91 Å². The third-order valence-electron chi connectivity index (χ3n) is 3.92. The average Bonchev–Trinajstić information content (AvgIpc) is 2.51. The van der Waals surface area contributed by atoms with Crippen molar-refractivity contribution in [2.75, 3.05) is 19.6 Å². The summed E-state index contributed by atoms with van der Waals surface area (Å²) >= 11 is 0. The third kappa shape index (κ3) is 6.71. The fraction of sp³-hybridized carbons (Fsp3) is 0.938. The molecule has 1 fully saturated rings. The maximum Gasteiger partial charge on any atom is 0.222 e. The minimum atomic E-state index is -0.485. The molecule has 2 unspecified atom stereocenters. The Hall–Kier alpha value is -0.610. The number of nitrogens with zero attached hydrogens (tertiary/aromatic N) is 1. The Labute approximate surface area is 123 Å². The molecule has 0 aromatic carbocycles. The van der Waals surface area contributed by atoms with E-state index in [1.807, 2.05) is 4.90 Å². The van der Waals surface area contributed by atoms with Crippen molar-refractivity contribution < 1.29 is 9.90 Å². The lowest BCUT2D eigenvalue weighted by Gasteiger charge is -2.27. The number of nitrogens with one attached hydrogen (secondary N) is 1. The van der Waals surface area contributed by atoms with Gasteiger partial charge in [0.1, 0.15) is 0 Å². The lowest BCUT2D eigenvalue weighted by atomic mass is 9.96. The Balaban J connectivity index is 2.39. The van der Waals surface area contributed by atoms with Crippen LogP contribution >= 0.6 is 0 Å². The van der Waals surface area contributed by atoms with E-state index in [4.69, 9.17) is 0 Å². The van der Waals surface area contributed by atoms with Crippen molar-refractivity contribution in [3.8, 4) is 0 Å². The van der Waals surface area contributed by atoms with Gasteiger partial charge in [-0.1, -0.05) is 19.8 Å². The Bertz CT molecular complexity index is 299. The molecule has 1 saturated heterocycles. The Morgan fingerprint density at radius 2 is 2.10 bits per heavy atom. The predicted octanol–water partition coefficient (Wildman–Crippen LogP) is 2.16. The van der Waals surface area contributed by atoms with Gasteiger partial charge >= 0.3 is 0 Å². The van der Waals surface area contributed by atoms with Crippen LogP contribution in [0.3, 0.4) is 0 Å². The molecule has 0 spiro atoms. The zero-order valence-electron chi connectivity index (χ0n) is 13.6. The molecule has 1 aliphatic heterocycles. The van der Waals surface area contributed by atoms with Crippen LogP contribution in [0, 0.1) is 5.92 Å². The Morgan fingerprint density at radius 1 is 1.40 bits per heavy atom. The molecule has 0 aromatic rings. The summed E-state index contributed by atoms with van der Waals surface area (Å²) in [5.41, 5.74) is -0.00397. The van der Waals surface area contributed by atoms with Crippen molar-refractivity contribution in [2.24, 2.45) is 5.92 Å². The monoisotopic (exact) mass is 284 g/mol. The van der Waals surface area contributed by atoms with Crippen molar-refractivity contribution in [2.45, 2.75) is 71.4 Å². The molecule has 0 aliphatic carbocycles. The molecule has 4 nitrogen and oxygen atoms in total. The highest BCUT2D eigenvalue weighted by molar-refractivity contribution is 5.76.